The minimum absolute atomic E-state index is 0.0817. The number of aliphatic hydroxyl groups excluding tert-OH is 1. The molecule has 0 aliphatic carbocycles. The van der Waals surface area contributed by atoms with Gasteiger partial charge in [-0.2, -0.15) is 0 Å². The number of carbonyl (C=O) groups excluding carboxylic acids is 1. The number of phosphoric ester groups is 1. The summed E-state index contributed by atoms with van der Waals surface area (Å²) in [6, 6.07) is -0.855. The van der Waals surface area contributed by atoms with Crippen molar-refractivity contribution in [1.82, 2.24) is 5.32 Å². The molecular formula is C49H99N2O6P. The van der Waals surface area contributed by atoms with Gasteiger partial charge in [-0.3, -0.25) is 13.8 Å². The molecule has 5 N–H and O–H groups in total. The van der Waals surface area contributed by atoms with Gasteiger partial charge < -0.3 is 21.1 Å². The predicted molar refractivity (Wildman–Crippen MR) is 249 cm³/mol. The number of allylic oxidation sites excluding steroid dienone is 1. The predicted octanol–water partition coefficient (Wildman–Crippen LogP) is 14.7. The lowest BCUT2D eigenvalue weighted by Crippen LogP contribution is -2.45. The third kappa shape index (κ3) is 43.3. The Hall–Kier alpha value is -0.760. The highest BCUT2D eigenvalue weighted by atomic mass is 31.2. The van der Waals surface area contributed by atoms with Gasteiger partial charge in [0.25, 0.3) is 0 Å². The van der Waals surface area contributed by atoms with Crippen LogP contribution in [0.2, 0.25) is 0 Å². The normalized spacial score (nSPS) is 13.9. The van der Waals surface area contributed by atoms with E-state index in [2.05, 4.69) is 19.2 Å². The first-order valence-electron chi connectivity index (χ1n) is 25.3. The van der Waals surface area contributed by atoms with E-state index in [1.54, 1.807) is 6.08 Å². The summed E-state index contributed by atoms with van der Waals surface area (Å²) in [5.74, 6) is -0.188. The molecule has 0 saturated carbocycles. The van der Waals surface area contributed by atoms with Crippen LogP contribution in [-0.4, -0.2) is 47.8 Å². The molecule has 1 amide bonds. The third-order valence-electron chi connectivity index (χ3n) is 11.6. The van der Waals surface area contributed by atoms with Crippen molar-refractivity contribution < 1.29 is 28.4 Å². The van der Waals surface area contributed by atoms with E-state index in [4.69, 9.17) is 14.8 Å². The van der Waals surface area contributed by atoms with Crippen molar-refractivity contribution in [1.29, 1.82) is 0 Å². The number of phosphoric acid groups is 1. The molecule has 0 saturated heterocycles. The lowest BCUT2D eigenvalue weighted by atomic mass is 10.0. The second-order valence-electron chi connectivity index (χ2n) is 17.4. The van der Waals surface area contributed by atoms with Gasteiger partial charge in [-0.25, -0.2) is 4.57 Å². The molecule has 0 aromatic carbocycles. The van der Waals surface area contributed by atoms with Gasteiger partial charge in [-0.1, -0.05) is 251 Å². The number of rotatable bonds is 48. The van der Waals surface area contributed by atoms with Crippen molar-refractivity contribution in [3.8, 4) is 0 Å². The van der Waals surface area contributed by atoms with E-state index >= 15 is 0 Å². The summed E-state index contributed by atoms with van der Waals surface area (Å²) in [4.78, 5) is 22.8. The molecule has 3 atom stereocenters. The molecule has 0 aromatic rings. The first kappa shape index (κ1) is 57.2. The quantitative estimate of drug-likeness (QED) is 0.0272. The Morgan fingerprint density at radius 3 is 1.22 bits per heavy atom. The molecule has 58 heavy (non-hydrogen) atoms. The Bertz CT molecular complexity index is 922. The molecule has 0 aliphatic rings. The zero-order valence-corrected chi connectivity index (χ0v) is 39.5. The molecule has 346 valence electrons. The van der Waals surface area contributed by atoms with Gasteiger partial charge in [0.15, 0.2) is 0 Å². The van der Waals surface area contributed by atoms with Gasteiger partial charge in [0, 0.05) is 13.0 Å². The molecule has 3 unspecified atom stereocenters. The molecule has 0 bridgehead atoms. The SMILES string of the molecule is CCCCCCCCCCCCCCCCCCCC/C=C/C(O)C(COP(=O)(O)OCCN)NC(=O)CCCCCCCCCCCCCCCCCCCCC. The van der Waals surface area contributed by atoms with Crippen LogP contribution >= 0.6 is 7.82 Å². The molecule has 9 heteroatoms. The Kier molecular flexibility index (Phi) is 45.2. The fraction of sp³-hybridized carbons (Fsp3) is 0.939. The molecule has 8 nitrogen and oxygen atoms in total. The number of nitrogens with two attached hydrogens (primary N) is 1. The summed E-state index contributed by atoms with van der Waals surface area (Å²) >= 11 is 0. The molecule has 0 fully saturated rings. The summed E-state index contributed by atoms with van der Waals surface area (Å²) in [6.45, 7) is 4.18. The molecule has 0 heterocycles. The van der Waals surface area contributed by atoms with Crippen LogP contribution in [0.25, 0.3) is 0 Å². The average molecular weight is 843 g/mol. The minimum Gasteiger partial charge on any atom is -0.387 e. The van der Waals surface area contributed by atoms with E-state index in [-0.39, 0.29) is 25.7 Å². The summed E-state index contributed by atoms with van der Waals surface area (Å²) in [6.07, 6.45) is 52.7. The van der Waals surface area contributed by atoms with Crippen molar-refractivity contribution in [2.45, 2.75) is 276 Å². The van der Waals surface area contributed by atoms with E-state index in [1.807, 2.05) is 6.08 Å². The first-order chi connectivity index (χ1) is 28.4. The maximum Gasteiger partial charge on any atom is 0.472 e. The standard InChI is InChI=1S/C49H99N2O6P/c1-3-5-7-9-11-13-15-17-19-21-23-25-26-28-30-32-34-36-38-40-42-48(52)47(46-57-58(54,55)56-45-44-50)51-49(53)43-41-39-37-35-33-31-29-27-24-22-20-18-16-14-12-10-8-6-4-2/h40,42,47-48,52H,3-39,41,43-46,50H2,1-2H3,(H,51,53)(H,54,55)/b42-40+. The number of hydrogen-bond acceptors (Lipinski definition) is 6. The van der Waals surface area contributed by atoms with Crippen LogP contribution in [0.3, 0.4) is 0 Å². The largest absolute Gasteiger partial charge is 0.472 e. The number of unbranched alkanes of at least 4 members (excludes halogenated alkanes) is 36. The monoisotopic (exact) mass is 843 g/mol. The van der Waals surface area contributed by atoms with Crippen LogP contribution in [0.5, 0.6) is 0 Å². The Morgan fingerprint density at radius 1 is 0.552 bits per heavy atom. The summed E-state index contributed by atoms with van der Waals surface area (Å²) in [5.41, 5.74) is 5.39. The van der Waals surface area contributed by atoms with Crippen molar-refractivity contribution in [3.63, 3.8) is 0 Å². The maximum absolute atomic E-state index is 12.8. The van der Waals surface area contributed by atoms with E-state index in [9.17, 15) is 19.4 Å². The fourth-order valence-electron chi connectivity index (χ4n) is 7.78. The molecule has 0 spiro atoms. The van der Waals surface area contributed by atoms with E-state index in [0.29, 0.717) is 6.42 Å². The Morgan fingerprint density at radius 2 is 0.879 bits per heavy atom. The second-order valence-corrected chi connectivity index (χ2v) is 18.8. The van der Waals surface area contributed by atoms with Gasteiger partial charge in [-0.05, 0) is 19.3 Å². The van der Waals surface area contributed by atoms with Crippen LogP contribution in [0, 0.1) is 0 Å². The minimum atomic E-state index is -4.34. The number of nitrogens with one attached hydrogen (secondary N) is 1. The highest BCUT2D eigenvalue weighted by molar-refractivity contribution is 7.47. The number of carbonyl (C=O) groups is 1. The molecular weight excluding hydrogens is 744 g/mol. The smallest absolute Gasteiger partial charge is 0.387 e. The Balaban J connectivity index is 4.08. The molecule has 0 rings (SSSR count). The van der Waals surface area contributed by atoms with Crippen LogP contribution in [0.15, 0.2) is 12.2 Å². The van der Waals surface area contributed by atoms with Crippen LogP contribution < -0.4 is 11.1 Å². The Labute approximate surface area is 360 Å². The maximum atomic E-state index is 12.8. The summed E-state index contributed by atoms with van der Waals surface area (Å²) < 4.78 is 22.2. The van der Waals surface area contributed by atoms with Crippen molar-refractivity contribution >= 4 is 13.7 Å². The van der Waals surface area contributed by atoms with Crippen LogP contribution in [-0.2, 0) is 18.4 Å². The van der Waals surface area contributed by atoms with Crippen molar-refractivity contribution in [2.75, 3.05) is 19.8 Å². The first-order valence-corrected chi connectivity index (χ1v) is 26.8. The number of hydrogen-bond donors (Lipinski definition) is 4. The second kappa shape index (κ2) is 45.8. The topological polar surface area (TPSA) is 131 Å². The lowest BCUT2D eigenvalue weighted by Gasteiger charge is -2.23. The van der Waals surface area contributed by atoms with Gasteiger partial charge >= 0.3 is 7.82 Å². The van der Waals surface area contributed by atoms with Crippen molar-refractivity contribution in [2.24, 2.45) is 5.73 Å². The lowest BCUT2D eigenvalue weighted by molar-refractivity contribution is -0.123. The fourth-order valence-corrected chi connectivity index (χ4v) is 8.54. The van der Waals surface area contributed by atoms with Gasteiger partial charge in [0.1, 0.15) is 0 Å². The zero-order chi connectivity index (χ0) is 42.5. The van der Waals surface area contributed by atoms with Gasteiger partial charge in [-0.15, -0.1) is 0 Å². The van der Waals surface area contributed by atoms with E-state index < -0.39 is 20.0 Å². The highest BCUT2D eigenvalue weighted by Gasteiger charge is 2.26. The number of amides is 1. The summed E-state index contributed by atoms with van der Waals surface area (Å²) in [5, 5.41) is 13.7. The van der Waals surface area contributed by atoms with Crippen molar-refractivity contribution in [3.05, 3.63) is 12.2 Å². The van der Waals surface area contributed by atoms with E-state index in [0.717, 1.165) is 38.5 Å². The van der Waals surface area contributed by atoms with Gasteiger partial charge in [0.2, 0.25) is 5.91 Å². The van der Waals surface area contributed by atoms with Gasteiger partial charge in [0.05, 0.1) is 25.4 Å². The van der Waals surface area contributed by atoms with Crippen LogP contribution in [0.1, 0.15) is 264 Å². The average Bonchev–Trinajstić information content (AvgIpc) is 3.21. The summed E-state index contributed by atoms with van der Waals surface area (Å²) in [7, 11) is -4.34. The number of aliphatic hydroxyl groups is 1. The third-order valence-corrected chi connectivity index (χ3v) is 12.6. The highest BCUT2D eigenvalue weighted by Crippen LogP contribution is 2.43. The molecule has 0 radical (unpaired) electrons. The zero-order valence-electron chi connectivity index (χ0n) is 38.6. The van der Waals surface area contributed by atoms with E-state index in [1.165, 1.54) is 205 Å². The van der Waals surface area contributed by atoms with Crippen LogP contribution in [0.4, 0.5) is 0 Å². The molecule has 0 aromatic heterocycles. The molecule has 0 aliphatic heterocycles.